The number of benzene rings is 3. The van der Waals surface area contributed by atoms with Crippen molar-refractivity contribution in [3.8, 4) is 0 Å². The van der Waals surface area contributed by atoms with Gasteiger partial charge in [-0.3, -0.25) is 9.59 Å². The number of carbonyl (C=O) groups excluding carboxylic acids is 2. The number of hydrogen-bond acceptors (Lipinski definition) is 4. The van der Waals surface area contributed by atoms with Gasteiger partial charge < -0.3 is 15.7 Å². The van der Waals surface area contributed by atoms with E-state index in [0.717, 1.165) is 10.5 Å². The molecule has 0 saturated carbocycles. The van der Waals surface area contributed by atoms with Crippen molar-refractivity contribution in [3.05, 3.63) is 87.9 Å². The van der Waals surface area contributed by atoms with Crippen LogP contribution in [0.1, 0.15) is 22.8 Å². The predicted molar refractivity (Wildman–Crippen MR) is 133 cm³/mol. The Kier molecular flexibility index (Phi) is 8.38. The number of aromatic carboxylic acids is 1. The summed E-state index contributed by atoms with van der Waals surface area (Å²) in [6.07, 6.45) is 0.212. The molecule has 1 atom stereocenters. The lowest BCUT2D eigenvalue weighted by Crippen LogP contribution is -2.22. The topological polar surface area (TPSA) is 95.5 Å². The summed E-state index contributed by atoms with van der Waals surface area (Å²) in [4.78, 5) is 36.9. The van der Waals surface area contributed by atoms with Crippen LogP contribution in [0.2, 0.25) is 10.0 Å². The van der Waals surface area contributed by atoms with Gasteiger partial charge in [-0.15, -0.1) is 11.8 Å². The Morgan fingerprint density at radius 2 is 1.70 bits per heavy atom. The molecule has 0 aliphatic rings. The third-order valence-corrected chi connectivity index (χ3v) is 6.22. The van der Waals surface area contributed by atoms with E-state index < -0.39 is 11.2 Å². The molecule has 9 heteroatoms. The number of thioether (sulfide) groups is 1. The normalized spacial score (nSPS) is 11.5. The van der Waals surface area contributed by atoms with E-state index in [0.29, 0.717) is 10.7 Å². The van der Waals surface area contributed by atoms with Crippen LogP contribution in [0.15, 0.2) is 71.6 Å². The molecule has 0 heterocycles. The zero-order valence-electron chi connectivity index (χ0n) is 17.5. The first kappa shape index (κ1) is 24.6. The summed E-state index contributed by atoms with van der Waals surface area (Å²) >= 11 is 13.3. The first-order valence-electron chi connectivity index (χ1n) is 9.86. The molecule has 0 radical (unpaired) electrons. The lowest BCUT2D eigenvalue weighted by molar-refractivity contribution is -0.116. The fraction of sp³-hybridized carbons (Fsp3) is 0.125. The van der Waals surface area contributed by atoms with Gasteiger partial charge >= 0.3 is 5.97 Å². The lowest BCUT2D eigenvalue weighted by atomic mass is 10.1. The van der Waals surface area contributed by atoms with Crippen molar-refractivity contribution in [3.63, 3.8) is 0 Å². The summed E-state index contributed by atoms with van der Waals surface area (Å²) in [5.41, 5.74) is 1.72. The minimum absolute atomic E-state index is 0.0250. The van der Waals surface area contributed by atoms with Crippen molar-refractivity contribution in [1.29, 1.82) is 0 Å². The Hall–Kier alpha value is -3.00. The molecule has 0 aliphatic carbocycles. The standard InChI is InChI=1S/C24H20Cl2N2O4S/c1-14(23(30)28-21-12-16(24(31)32)7-10-20(21)26)33-19-4-2-3-18(13-19)27-22(29)11-15-5-8-17(25)9-6-15/h2-10,12-14H,11H2,1H3,(H,27,29)(H,28,30)(H,31,32). The molecule has 0 saturated heterocycles. The Labute approximate surface area is 205 Å². The summed E-state index contributed by atoms with van der Waals surface area (Å²) in [6, 6.07) is 18.4. The van der Waals surface area contributed by atoms with E-state index in [1.54, 1.807) is 49.4 Å². The van der Waals surface area contributed by atoms with Gasteiger partial charge in [0.2, 0.25) is 11.8 Å². The minimum Gasteiger partial charge on any atom is -0.478 e. The van der Waals surface area contributed by atoms with E-state index in [9.17, 15) is 14.4 Å². The summed E-state index contributed by atoms with van der Waals surface area (Å²) in [7, 11) is 0. The van der Waals surface area contributed by atoms with Gasteiger partial charge in [0.05, 0.1) is 27.9 Å². The van der Waals surface area contributed by atoms with Gasteiger partial charge in [-0.1, -0.05) is 41.4 Å². The van der Waals surface area contributed by atoms with Crippen LogP contribution in [0.4, 0.5) is 11.4 Å². The molecule has 6 nitrogen and oxygen atoms in total. The van der Waals surface area contributed by atoms with Gasteiger partial charge in [0.15, 0.2) is 0 Å². The summed E-state index contributed by atoms with van der Waals surface area (Å²) in [5, 5.41) is 15.0. The second kappa shape index (κ2) is 11.2. The number of carbonyl (C=O) groups is 3. The molecule has 0 fully saturated rings. The molecule has 3 rings (SSSR count). The molecule has 2 amide bonds. The number of anilines is 2. The highest BCUT2D eigenvalue weighted by molar-refractivity contribution is 8.00. The molecule has 0 aromatic heterocycles. The van der Waals surface area contributed by atoms with Gasteiger partial charge in [-0.05, 0) is 61.0 Å². The Morgan fingerprint density at radius 3 is 2.39 bits per heavy atom. The van der Waals surface area contributed by atoms with Crippen LogP contribution >= 0.6 is 35.0 Å². The predicted octanol–water partition coefficient (Wildman–Crippen LogP) is 5.99. The molecule has 3 aromatic carbocycles. The molecule has 170 valence electrons. The second-order valence-electron chi connectivity index (χ2n) is 7.13. The van der Waals surface area contributed by atoms with Gasteiger partial charge in [0, 0.05) is 15.6 Å². The van der Waals surface area contributed by atoms with Gasteiger partial charge in [-0.25, -0.2) is 4.79 Å². The molecule has 0 bridgehead atoms. The minimum atomic E-state index is -1.11. The van der Waals surface area contributed by atoms with E-state index in [-0.39, 0.29) is 34.5 Å². The maximum absolute atomic E-state index is 12.6. The number of carboxylic acids is 1. The average molecular weight is 503 g/mol. The van der Waals surface area contributed by atoms with Crippen LogP contribution in [0.5, 0.6) is 0 Å². The van der Waals surface area contributed by atoms with Crippen LogP contribution in [0.25, 0.3) is 0 Å². The molecule has 33 heavy (non-hydrogen) atoms. The van der Waals surface area contributed by atoms with E-state index in [4.69, 9.17) is 28.3 Å². The number of hydrogen-bond donors (Lipinski definition) is 3. The van der Waals surface area contributed by atoms with Crippen LogP contribution in [-0.2, 0) is 16.0 Å². The monoisotopic (exact) mass is 502 g/mol. The zero-order valence-corrected chi connectivity index (χ0v) is 19.8. The van der Waals surface area contributed by atoms with Crippen molar-refractivity contribution in [2.75, 3.05) is 10.6 Å². The molecule has 0 aliphatic heterocycles. The maximum Gasteiger partial charge on any atom is 0.335 e. The quantitative estimate of drug-likeness (QED) is 0.328. The average Bonchev–Trinajstić information content (AvgIpc) is 2.76. The Morgan fingerprint density at radius 1 is 0.970 bits per heavy atom. The van der Waals surface area contributed by atoms with Gasteiger partial charge in [0.25, 0.3) is 0 Å². The number of rotatable bonds is 8. The second-order valence-corrected chi connectivity index (χ2v) is 9.39. The Bertz CT molecular complexity index is 1190. The summed E-state index contributed by atoms with van der Waals surface area (Å²) in [5.74, 6) is -1.61. The number of nitrogens with one attached hydrogen (secondary N) is 2. The SMILES string of the molecule is CC(Sc1cccc(NC(=O)Cc2ccc(Cl)cc2)c1)C(=O)Nc1cc(C(=O)O)ccc1Cl. The van der Waals surface area contributed by atoms with Gasteiger partial charge in [-0.2, -0.15) is 0 Å². The van der Waals surface area contributed by atoms with Gasteiger partial charge in [0.1, 0.15) is 0 Å². The van der Waals surface area contributed by atoms with Crippen LogP contribution in [-0.4, -0.2) is 28.1 Å². The first-order chi connectivity index (χ1) is 15.7. The first-order valence-corrected chi connectivity index (χ1v) is 11.5. The van der Waals surface area contributed by atoms with E-state index in [1.807, 2.05) is 6.07 Å². The van der Waals surface area contributed by atoms with Crippen molar-refractivity contribution in [1.82, 2.24) is 0 Å². The number of amides is 2. The van der Waals surface area contributed by atoms with Crippen molar-refractivity contribution < 1.29 is 19.5 Å². The van der Waals surface area contributed by atoms with E-state index >= 15 is 0 Å². The smallest absolute Gasteiger partial charge is 0.335 e. The highest BCUT2D eigenvalue weighted by Crippen LogP contribution is 2.28. The van der Waals surface area contributed by atoms with E-state index in [2.05, 4.69) is 10.6 Å². The molecule has 3 aromatic rings. The maximum atomic E-state index is 12.6. The molecule has 3 N–H and O–H groups in total. The molecule has 1 unspecified atom stereocenters. The summed E-state index contributed by atoms with van der Waals surface area (Å²) < 4.78 is 0. The Balaban J connectivity index is 1.60. The third kappa shape index (κ3) is 7.25. The van der Waals surface area contributed by atoms with Crippen LogP contribution < -0.4 is 10.6 Å². The molecular formula is C24H20Cl2N2O4S. The fourth-order valence-corrected chi connectivity index (χ4v) is 4.10. The zero-order chi connectivity index (χ0) is 24.0. The lowest BCUT2D eigenvalue weighted by Gasteiger charge is -2.14. The van der Waals surface area contributed by atoms with E-state index in [1.165, 1.54) is 30.0 Å². The summed E-state index contributed by atoms with van der Waals surface area (Å²) in [6.45, 7) is 1.72. The molecular weight excluding hydrogens is 483 g/mol. The van der Waals surface area contributed by atoms with Crippen molar-refractivity contribution in [2.45, 2.75) is 23.5 Å². The number of halogens is 2. The van der Waals surface area contributed by atoms with Crippen LogP contribution in [0, 0.1) is 0 Å². The highest BCUT2D eigenvalue weighted by Gasteiger charge is 2.17. The van der Waals surface area contributed by atoms with Crippen LogP contribution in [0.3, 0.4) is 0 Å². The number of carboxylic acid groups (broad SMARTS) is 1. The molecule has 0 spiro atoms. The third-order valence-electron chi connectivity index (χ3n) is 4.55. The van der Waals surface area contributed by atoms with Crippen molar-refractivity contribution in [2.24, 2.45) is 0 Å². The largest absolute Gasteiger partial charge is 0.478 e. The van der Waals surface area contributed by atoms with Crippen molar-refractivity contribution >= 4 is 64.1 Å². The highest BCUT2D eigenvalue weighted by atomic mass is 35.5. The fourth-order valence-electron chi connectivity index (χ4n) is 2.89.